The zero-order chi connectivity index (χ0) is 11.8. The molecule has 0 bridgehead atoms. The second kappa shape index (κ2) is 3.83. The van der Waals surface area contributed by atoms with E-state index < -0.39 is 6.10 Å². The summed E-state index contributed by atoms with van der Waals surface area (Å²) >= 11 is 0. The number of hydrogen-bond donors (Lipinski definition) is 1. The van der Waals surface area contributed by atoms with E-state index in [1.807, 2.05) is 20.8 Å². The molecule has 0 amide bonds. The van der Waals surface area contributed by atoms with Crippen LogP contribution in [-0.2, 0) is 6.42 Å². The zero-order valence-electron chi connectivity index (χ0n) is 9.75. The molecule has 5 heteroatoms. The molecule has 1 N–H and O–H groups in total. The third-order valence-corrected chi connectivity index (χ3v) is 2.68. The molecule has 0 fully saturated rings. The average molecular weight is 220 g/mol. The highest BCUT2D eigenvalue weighted by molar-refractivity contribution is 5.42. The fourth-order valence-corrected chi connectivity index (χ4v) is 1.44. The van der Waals surface area contributed by atoms with E-state index in [0.29, 0.717) is 12.1 Å². The Balaban J connectivity index is 2.31. The molecule has 0 spiro atoms. The van der Waals surface area contributed by atoms with Crippen LogP contribution in [0.15, 0.2) is 18.7 Å². The van der Waals surface area contributed by atoms with E-state index in [9.17, 15) is 5.11 Å². The van der Waals surface area contributed by atoms with Gasteiger partial charge in [-0.2, -0.15) is 0 Å². The van der Waals surface area contributed by atoms with Crippen molar-refractivity contribution in [3.8, 4) is 0 Å². The van der Waals surface area contributed by atoms with Gasteiger partial charge in [-0.15, -0.1) is 10.2 Å². The van der Waals surface area contributed by atoms with Crippen molar-refractivity contribution in [2.24, 2.45) is 5.41 Å². The van der Waals surface area contributed by atoms with Crippen LogP contribution in [0, 0.1) is 5.41 Å². The van der Waals surface area contributed by atoms with Crippen LogP contribution in [0.4, 0.5) is 0 Å². The van der Waals surface area contributed by atoms with Crippen molar-refractivity contribution >= 4 is 5.65 Å². The topological polar surface area (TPSA) is 63.3 Å². The Morgan fingerprint density at radius 2 is 2.19 bits per heavy atom. The Hall–Kier alpha value is -1.49. The maximum Gasteiger partial charge on any atom is 0.182 e. The minimum absolute atomic E-state index is 0.158. The van der Waals surface area contributed by atoms with Crippen LogP contribution in [0.3, 0.4) is 0 Å². The predicted molar refractivity (Wildman–Crippen MR) is 59.9 cm³/mol. The second-order valence-corrected chi connectivity index (χ2v) is 5.02. The first kappa shape index (κ1) is 11.0. The van der Waals surface area contributed by atoms with Crippen LogP contribution >= 0.6 is 0 Å². The summed E-state index contributed by atoms with van der Waals surface area (Å²) in [4.78, 5) is 4.25. The number of fused-ring (bicyclic) bond motifs is 1. The molecule has 2 heterocycles. The molecule has 86 valence electrons. The van der Waals surface area contributed by atoms with Gasteiger partial charge < -0.3 is 5.11 Å². The quantitative estimate of drug-likeness (QED) is 0.822. The number of aliphatic hydroxyl groups excluding tert-OH is 1. The fraction of sp³-hybridized carbons (Fsp3) is 0.545. The Morgan fingerprint density at radius 3 is 2.88 bits per heavy atom. The molecule has 1 atom stereocenters. The van der Waals surface area contributed by atoms with Crippen LogP contribution in [0.25, 0.3) is 5.65 Å². The van der Waals surface area contributed by atoms with Gasteiger partial charge in [0, 0.05) is 18.8 Å². The van der Waals surface area contributed by atoms with Crippen molar-refractivity contribution in [1.82, 2.24) is 19.6 Å². The monoisotopic (exact) mass is 220 g/mol. The van der Waals surface area contributed by atoms with Crippen molar-refractivity contribution in [3.63, 3.8) is 0 Å². The van der Waals surface area contributed by atoms with E-state index in [2.05, 4.69) is 15.2 Å². The lowest BCUT2D eigenvalue weighted by molar-refractivity contribution is 0.0629. The van der Waals surface area contributed by atoms with Gasteiger partial charge in [0.1, 0.15) is 6.33 Å². The zero-order valence-corrected chi connectivity index (χ0v) is 9.75. The van der Waals surface area contributed by atoms with Crippen molar-refractivity contribution in [2.45, 2.75) is 33.3 Å². The molecule has 0 aliphatic heterocycles. The largest absolute Gasteiger partial charge is 0.392 e. The number of aliphatic hydroxyl groups is 1. The molecule has 2 rings (SSSR count). The molecule has 2 aromatic heterocycles. The highest BCUT2D eigenvalue weighted by Crippen LogP contribution is 2.22. The van der Waals surface area contributed by atoms with Gasteiger partial charge in [0.15, 0.2) is 5.65 Å². The summed E-state index contributed by atoms with van der Waals surface area (Å²) in [6.07, 6.45) is 5.17. The smallest absolute Gasteiger partial charge is 0.182 e. The Kier molecular flexibility index (Phi) is 2.63. The maximum absolute atomic E-state index is 10.0. The number of rotatable bonds is 2. The van der Waals surface area contributed by atoms with Gasteiger partial charge in [0.25, 0.3) is 0 Å². The van der Waals surface area contributed by atoms with Crippen LogP contribution < -0.4 is 0 Å². The summed E-state index contributed by atoms with van der Waals surface area (Å²) < 4.78 is 1.80. The third kappa shape index (κ3) is 2.04. The predicted octanol–water partition coefficient (Wildman–Crippen LogP) is 1.07. The van der Waals surface area contributed by atoms with Crippen molar-refractivity contribution in [2.75, 3.05) is 0 Å². The van der Waals surface area contributed by atoms with Gasteiger partial charge in [-0.05, 0) is 5.41 Å². The first-order valence-corrected chi connectivity index (χ1v) is 5.30. The van der Waals surface area contributed by atoms with Crippen molar-refractivity contribution in [1.29, 1.82) is 0 Å². The number of nitrogens with zero attached hydrogens (tertiary/aromatic N) is 4. The van der Waals surface area contributed by atoms with E-state index in [1.165, 1.54) is 0 Å². The summed E-state index contributed by atoms with van der Waals surface area (Å²) in [7, 11) is 0. The van der Waals surface area contributed by atoms with Crippen LogP contribution in [0.1, 0.15) is 26.5 Å². The molecule has 0 saturated heterocycles. The van der Waals surface area contributed by atoms with E-state index in [-0.39, 0.29) is 5.41 Å². The number of hydrogen-bond acceptors (Lipinski definition) is 4. The highest BCUT2D eigenvalue weighted by atomic mass is 16.3. The summed E-state index contributed by atoms with van der Waals surface area (Å²) in [5.41, 5.74) is 1.34. The lowest BCUT2D eigenvalue weighted by Crippen LogP contribution is -2.28. The average Bonchev–Trinajstić information content (AvgIpc) is 2.65. The van der Waals surface area contributed by atoms with Gasteiger partial charge in [-0.1, -0.05) is 20.8 Å². The van der Waals surface area contributed by atoms with Crippen LogP contribution in [-0.4, -0.2) is 30.8 Å². The summed E-state index contributed by atoms with van der Waals surface area (Å²) in [5, 5.41) is 17.9. The van der Waals surface area contributed by atoms with E-state index in [4.69, 9.17) is 0 Å². The molecular weight excluding hydrogens is 204 g/mol. The number of aromatic nitrogens is 4. The Morgan fingerprint density at radius 1 is 1.44 bits per heavy atom. The SMILES string of the molecule is CC(C)(C)C(O)Cc1nccn2cnnc12. The molecule has 0 saturated carbocycles. The minimum atomic E-state index is -0.442. The lowest BCUT2D eigenvalue weighted by atomic mass is 9.86. The van der Waals surface area contributed by atoms with Gasteiger partial charge in [-0.25, -0.2) is 0 Å². The van der Waals surface area contributed by atoms with Gasteiger partial charge in [-0.3, -0.25) is 9.38 Å². The fourth-order valence-electron chi connectivity index (χ4n) is 1.44. The van der Waals surface area contributed by atoms with E-state index in [0.717, 1.165) is 5.69 Å². The molecule has 1 unspecified atom stereocenters. The first-order chi connectivity index (χ1) is 7.48. The molecule has 0 aliphatic carbocycles. The molecule has 2 aromatic rings. The highest BCUT2D eigenvalue weighted by Gasteiger charge is 2.23. The lowest BCUT2D eigenvalue weighted by Gasteiger charge is -2.25. The van der Waals surface area contributed by atoms with Gasteiger partial charge in [0.2, 0.25) is 0 Å². The molecular formula is C11H16N4O. The Labute approximate surface area is 94.2 Å². The molecule has 0 aromatic carbocycles. The van der Waals surface area contributed by atoms with Gasteiger partial charge in [0.05, 0.1) is 11.8 Å². The van der Waals surface area contributed by atoms with Crippen LogP contribution in [0.2, 0.25) is 0 Å². The maximum atomic E-state index is 10.0. The van der Waals surface area contributed by atoms with Crippen LogP contribution in [0.5, 0.6) is 0 Å². The first-order valence-electron chi connectivity index (χ1n) is 5.30. The summed E-state index contributed by atoms with van der Waals surface area (Å²) in [6, 6.07) is 0. The summed E-state index contributed by atoms with van der Waals surface area (Å²) in [6.45, 7) is 6.00. The third-order valence-electron chi connectivity index (χ3n) is 2.68. The normalized spacial score (nSPS) is 14.2. The molecule has 0 aliphatic rings. The van der Waals surface area contributed by atoms with Crippen molar-refractivity contribution in [3.05, 3.63) is 24.4 Å². The van der Waals surface area contributed by atoms with Gasteiger partial charge >= 0.3 is 0 Å². The standard InChI is InChI=1S/C11H16N4O/c1-11(2,3)9(16)6-8-10-14-13-7-15(10)5-4-12-8/h4-5,7,9,16H,6H2,1-3H3. The van der Waals surface area contributed by atoms with E-state index >= 15 is 0 Å². The Bertz CT molecular complexity index is 486. The summed E-state index contributed by atoms with van der Waals surface area (Å²) in [5.74, 6) is 0. The minimum Gasteiger partial charge on any atom is -0.392 e. The molecule has 5 nitrogen and oxygen atoms in total. The second-order valence-electron chi connectivity index (χ2n) is 5.02. The van der Waals surface area contributed by atoms with Crippen molar-refractivity contribution < 1.29 is 5.11 Å². The molecule has 0 radical (unpaired) electrons. The molecule has 16 heavy (non-hydrogen) atoms. The van der Waals surface area contributed by atoms with E-state index in [1.54, 1.807) is 23.1 Å².